The van der Waals surface area contributed by atoms with Crippen molar-refractivity contribution in [3.63, 3.8) is 0 Å². The zero-order chi connectivity index (χ0) is 18.7. The minimum absolute atomic E-state index is 0.109. The summed E-state index contributed by atoms with van der Waals surface area (Å²) in [6.07, 6.45) is 0.923. The number of aliphatic hydroxyl groups excluding tert-OH is 1. The third kappa shape index (κ3) is 3.93. The molecule has 5 nitrogen and oxygen atoms in total. The Balaban J connectivity index is 1.78. The first-order valence-electron chi connectivity index (χ1n) is 9.26. The lowest BCUT2D eigenvalue weighted by Crippen LogP contribution is -2.53. The zero-order valence-corrected chi connectivity index (χ0v) is 16.3. The molecule has 1 aliphatic rings. The van der Waals surface area contributed by atoms with Gasteiger partial charge in [0.2, 0.25) is 10.0 Å². The van der Waals surface area contributed by atoms with Gasteiger partial charge < -0.3 is 5.11 Å². The van der Waals surface area contributed by atoms with E-state index >= 15 is 0 Å². The van der Waals surface area contributed by atoms with E-state index < -0.39 is 10.0 Å². The molecule has 1 atom stereocenters. The highest BCUT2D eigenvalue weighted by Gasteiger charge is 2.31. The normalized spacial score (nSPS) is 18.5. The molecule has 0 spiro atoms. The fraction of sp³-hybridized carbons (Fsp3) is 0.500. The topological polar surface area (TPSA) is 60.9 Å². The van der Waals surface area contributed by atoms with Crippen LogP contribution in [0.25, 0.3) is 10.8 Å². The van der Waals surface area contributed by atoms with Gasteiger partial charge in [0.15, 0.2) is 0 Å². The van der Waals surface area contributed by atoms with E-state index in [1.807, 2.05) is 30.3 Å². The van der Waals surface area contributed by atoms with Crippen molar-refractivity contribution in [2.75, 3.05) is 32.8 Å². The molecule has 0 aromatic heterocycles. The van der Waals surface area contributed by atoms with Crippen molar-refractivity contribution in [1.29, 1.82) is 0 Å². The highest BCUT2D eigenvalue weighted by molar-refractivity contribution is 7.89. The number of nitrogens with zero attached hydrogens (tertiary/aromatic N) is 2. The average Bonchev–Trinajstić information content (AvgIpc) is 2.65. The minimum atomic E-state index is -3.52. The van der Waals surface area contributed by atoms with Gasteiger partial charge in [-0.05, 0) is 23.8 Å². The molecule has 0 radical (unpaired) electrons. The second kappa shape index (κ2) is 8.05. The van der Waals surface area contributed by atoms with Gasteiger partial charge in [-0.2, -0.15) is 4.31 Å². The number of sulfonamides is 1. The van der Waals surface area contributed by atoms with Crippen LogP contribution in [0.15, 0.2) is 47.4 Å². The number of benzene rings is 2. The van der Waals surface area contributed by atoms with E-state index in [0.29, 0.717) is 37.0 Å². The predicted molar refractivity (Wildman–Crippen MR) is 105 cm³/mol. The Labute approximate surface area is 156 Å². The summed E-state index contributed by atoms with van der Waals surface area (Å²) in [7, 11) is -3.52. The summed E-state index contributed by atoms with van der Waals surface area (Å²) in [5.41, 5.74) is 0. The van der Waals surface area contributed by atoms with E-state index in [1.54, 1.807) is 16.4 Å². The van der Waals surface area contributed by atoms with Crippen LogP contribution in [0.3, 0.4) is 0 Å². The van der Waals surface area contributed by atoms with Gasteiger partial charge in [-0.25, -0.2) is 8.42 Å². The SMILES string of the molecule is CC(C)C[C@H](CO)N1CCN(S(=O)(=O)c2cccc3ccccc23)CC1. The molecule has 1 fully saturated rings. The largest absolute Gasteiger partial charge is 0.395 e. The smallest absolute Gasteiger partial charge is 0.243 e. The van der Waals surface area contributed by atoms with Gasteiger partial charge in [0, 0.05) is 37.6 Å². The van der Waals surface area contributed by atoms with E-state index in [9.17, 15) is 13.5 Å². The fourth-order valence-electron chi connectivity index (χ4n) is 3.75. The first kappa shape index (κ1) is 19.3. The highest BCUT2D eigenvalue weighted by Crippen LogP contribution is 2.26. The number of hydrogen-bond acceptors (Lipinski definition) is 4. The maximum Gasteiger partial charge on any atom is 0.243 e. The monoisotopic (exact) mass is 376 g/mol. The highest BCUT2D eigenvalue weighted by atomic mass is 32.2. The lowest BCUT2D eigenvalue weighted by Gasteiger charge is -2.38. The molecule has 0 saturated carbocycles. The van der Waals surface area contributed by atoms with Gasteiger partial charge in [0.05, 0.1) is 11.5 Å². The van der Waals surface area contributed by atoms with E-state index in [1.165, 1.54) is 0 Å². The molecule has 1 heterocycles. The number of fused-ring (bicyclic) bond motifs is 1. The summed E-state index contributed by atoms with van der Waals surface area (Å²) in [6.45, 7) is 6.63. The molecule has 142 valence electrons. The second-order valence-corrected chi connectivity index (χ2v) is 9.29. The number of aliphatic hydroxyl groups is 1. The third-order valence-electron chi connectivity index (χ3n) is 5.11. The maximum atomic E-state index is 13.2. The molecular formula is C20H28N2O3S. The molecule has 3 rings (SSSR count). The van der Waals surface area contributed by atoms with E-state index in [0.717, 1.165) is 17.2 Å². The Kier molecular flexibility index (Phi) is 5.97. The van der Waals surface area contributed by atoms with Crippen LogP contribution in [0.5, 0.6) is 0 Å². The Morgan fingerprint density at radius 1 is 1.00 bits per heavy atom. The van der Waals surface area contributed by atoms with Crippen LogP contribution in [-0.2, 0) is 10.0 Å². The van der Waals surface area contributed by atoms with Gasteiger partial charge in [-0.1, -0.05) is 50.2 Å². The van der Waals surface area contributed by atoms with Crippen LogP contribution in [0.4, 0.5) is 0 Å². The van der Waals surface area contributed by atoms with Gasteiger partial charge in [0.1, 0.15) is 0 Å². The van der Waals surface area contributed by atoms with Crippen molar-refractivity contribution < 1.29 is 13.5 Å². The van der Waals surface area contributed by atoms with Crippen LogP contribution in [-0.4, -0.2) is 61.6 Å². The zero-order valence-electron chi connectivity index (χ0n) is 15.5. The molecule has 1 N–H and O–H groups in total. The molecule has 26 heavy (non-hydrogen) atoms. The van der Waals surface area contributed by atoms with Gasteiger partial charge in [0.25, 0.3) is 0 Å². The summed E-state index contributed by atoms with van der Waals surface area (Å²) in [6, 6.07) is 13.1. The van der Waals surface area contributed by atoms with Crippen molar-refractivity contribution in [1.82, 2.24) is 9.21 Å². The molecular weight excluding hydrogens is 348 g/mol. The van der Waals surface area contributed by atoms with Crippen molar-refractivity contribution >= 4 is 20.8 Å². The lowest BCUT2D eigenvalue weighted by atomic mass is 10.0. The summed E-state index contributed by atoms with van der Waals surface area (Å²) in [4.78, 5) is 2.60. The molecule has 6 heteroatoms. The summed E-state index contributed by atoms with van der Waals surface area (Å²) in [5, 5.41) is 11.4. The van der Waals surface area contributed by atoms with Crippen LogP contribution in [0.1, 0.15) is 20.3 Å². The number of rotatable bonds is 6. The van der Waals surface area contributed by atoms with E-state index in [4.69, 9.17) is 0 Å². The fourth-order valence-corrected chi connectivity index (χ4v) is 5.39. The first-order valence-corrected chi connectivity index (χ1v) is 10.7. The summed E-state index contributed by atoms with van der Waals surface area (Å²) >= 11 is 0. The van der Waals surface area contributed by atoms with Crippen molar-refractivity contribution in [2.24, 2.45) is 5.92 Å². The lowest BCUT2D eigenvalue weighted by molar-refractivity contribution is 0.0780. The van der Waals surface area contributed by atoms with Crippen LogP contribution < -0.4 is 0 Å². The first-order chi connectivity index (χ1) is 12.4. The summed E-state index contributed by atoms with van der Waals surface area (Å²) in [5.74, 6) is 0.504. The quantitative estimate of drug-likeness (QED) is 0.842. The predicted octanol–water partition coefficient (Wildman–Crippen LogP) is 2.55. The Bertz CT molecular complexity index is 838. The Hall–Kier alpha value is -1.47. The van der Waals surface area contributed by atoms with E-state index in [-0.39, 0.29) is 12.6 Å². The molecule has 2 aromatic rings. The van der Waals surface area contributed by atoms with Crippen LogP contribution in [0, 0.1) is 5.92 Å². The van der Waals surface area contributed by atoms with Gasteiger partial charge in [-0.3, -0.25) is 4.90 Å². The Morgan fingerprint density at radius 3 is 2.31 bits per heavy atom. The average molecular weight is 377 g/mol. The minimum Gasteiger partial charge on any atom is -0.395 e. The summed E-state index contributed by atoms with van der Waals surface area (Å²) < 4.78 is 27.9. The van der Waals surface area contributed by atoms with Crippen molar-refractivity contribution in [2.45, 2.75) is 31.2 Å². The van der Waals surface area contributed by atoms with Crippen molar-refractivity contribution in [3.05, 3.63) is 42.5 Å². The maximum absolute atomic E-state index is 13.2. The molecule has 1 saturated heterocycles. The molecule has 0 bridgehead atoms. The third-order valence-corrected chi connectivity index (χ3v) is 7.07. The number of piperazine rings is 1. The molecule has 0 amide bonds. The van der Waals surface area contributed by atoms with Crippen molar-refractivity contribution in [3.8, 4) is 0 Å². The Morgan fingerprint density at radius 2 is 1.65 bits per heavy atom. The standard InChI is InChI=1S/C20H28N2O3S/c1-16(2)14-18(15-23)21-10-12-22(13-11-21)26(24,25)20-9-5-7-17-6-3-4-8-19(17)20/h3-9,16,18,23H,10-15H2,1-2H3/t18-/m1/s1. The molecule has 2 aromatic carbocycles. The molecule has 0 unspecified atom stereocenters. The van der Waals surface area contributed by atoms with Gasteiger partial charge >= 0.3 is 0 Å². The van der Waals surface area contributed by atoms with Crippen LogP contribution >= 0.6 is 0 Å². The van der Waals surface area contributed by atoms with Gasteiger partial charge in [-0.15, -0.1) is 0 Å². The van der Waals surface area contributed by atoms with E-state index in [2.05, 4.69) is 18.7 Å². The second-order valence-electron chi connectivity index (χ2n) is 7.38. The number of hydrogen-bond donors (Lipinski definition) is 1. The molecule has 0 aliphatic carbocycles. The molecule has 1 aliphatic heterocycles. The van der Waals surface area contributed by atoms with Crippen LogP contribution in [0.2, 0.25) is 0 Å².